The largest absolute Gasteiger partial charge is 0.472 e. The molecular weight excluding hydrogens is 676 g/mol. The second kappa shape index (κ2) is 14.4. The fraction of sp³-hybridized carbons (Fsp3) is 0.488. The molecule has 2 amide bonds. The number of hydrogen-bond donors (Lipinski definition) is 1. The summed E-state index contributed by atoms with van der Waals surface area (Å²) < 4.78 is 17.5. The number of benzene rings is 2. The first-order chi connectivity index (χ1) is 25.3. The Hall–Kier alpha value is -5.13. The first-order valence-corrected chi connectivity index (χ1v) is 18.6. The highest BCUT2D eigenvalue weighted by Crippen LogP contribution is 2.59. The Morgan fingerprint density at radius 2 is 1.72 bits per heavy atom. The highest BCUT2D eigenvalue weighted by Gasteiger charge is 2.63. The molecule has 7 rings (SSSR count). The van der Waals surface area contributed by atoms with Crippen LogP contribution in [0.15, 0.2) is 59.1 Å². The molecule has 2 aliphatic heterocycles. The van der Waals surface area contributed by atoms with Crippen LogP contribution in [0.5, 0.6) is 5.88 Å². The van der Waals surface area contributed by atoms with E-state index in [1.165, 1.54) is 11.0 Å². The van der Waals surface area contributed by atoms with E-state index >= 15 is 0 Å². The predicted octanol–water partition coefficient (Wildman–Crippen LogP) is 6.06. The van der Waals surface area contributed by atoms with Crippen molar-refractivity contribution in [3.8, 4) is 5.88 Å². The van der Waals surface area contributed by atoms with E-state index in [1.807, 2.05) is 48.5 Å². The van der Waals surface area contributed by atoms with E-state index in [9.17, 15) is 24.0 Å². The first kappa shape index (κ1) is 36.2. The Morgan fingerprint density at radius 3 is 2.45 bits per heavy atom. The molecular formula is C41H46N4O8. The van der Waals surface area contributed by atoms with Crippen LogP contribution in [-0.2, 0) is 23.9 Å². The Kier molecular flexibility index (Phi) is 9.82. The SMILES string of the molecule is Cc1cc(C(=O)N[C@H]2CCCCCC(=O)C[C@@H]3C[C@@]3(C(=O)OC(C)(C)C)CC(=O)[C@@H]3C[C@@H](Oc4nc5ccccc5c5ccccc45)CN3C2=O)no1. The minimum Gasteiger partial charge on any atom is -0.472 e. The van der Waals surface area contributed by atoms with Gasteiger partial charge in [0.2, 0.25) is 11.8 Å². The summed E-state index contributed by atoms with van der Waals surface area (Å²) in [6.07, 6.45) is 2.38. The average molecular weight is 723 g/mol. The molecule has 0 radical (unpaired) electrons. The molecule has 4 aromatic rings. The van der Waals surface area contributed by atoms with Crippen molar-refractivity contribution in [2.45, 2.75) is 109 Å². The lowest BCUT2D eigenvalue weighted by atomic mass is 9.90. The second-order valence-corrected chi connectivity index (χ2v) is 15.9. The number of para-hydroxylation sites is 1. The minimum absolute atomic E-state index is 0.0381. The molecule has 1 N–H and O–H groups in total. The molecule has 0 spiro atoms. The molecule has 12 nitrogen and oxygen atoms in total. The molecule has 3 fully saturated rings. The van der Waals surface area contributed by atoms with Gasteiger partial charge >= 0.3 is 5.97 Å². The van der Waals surface area contributed by atoms with Crippen LogP contribution in [0.4, 0.5) is 0 Å². The van der Waals surface area contributed by atoms with Crippen LogP contribution in [0.1, 0.15) is 94.8 Å². The Morgan fingerprint density at radius 1 is 0.981 bits per heavy atom. The molecule has 1 saturated carbocycles. The summed E-state index contributed by atoms with van der Waals surface area (Å²) in [5.74, 6) is -1.24. The summed E-state index contributed by atoms with van der Waals surface area (Å²) in [6, 6.07) is 15.2. The maximum Gasteiger partial charge on any atom is 0.313 e. The van der Waals surface area contributed by atoms with Crippen LogP contribution < -0.4 is 10.1 Å². The topological polar surface area (TPSA) is 158 Å². The summed E-state index contributed by atoms with van der Waals surface area (Å²) in [5.41, 5.74) is -1.15. The van der Waals surface area contributed by atoms with Gasteiger partial charge in [-0.3, -0.25) is 24.0 Å². The zero-order chi connectivity index (χ0) is 37.5. The molecule has 0 bridgehead atoms. The van der Waals surface area contributed by atoms with E-state index in [2.05, 4.69) is 10.5 Å². The summed E-state index contributed by atoms with van der Waals surface area (Å²) >= 11 is 0. The normalized spacial score (nSPS) is 25.7. The summed E-state index contributed by atoms with van der Waals surface area (Å²) in [5, 5.41) is 9.41. The number of pyridine rings is 1. The van der Waals surface area contributed by atoms with Crippen molar-refractivity contribution in [1.82, 2.24) is 20.4 Å². The zero-order valence-electron chi connectivity index (χ0n) is 30.7. The number of aromatic nitrogens is 2. The van der Waals surface area contributed by atoms with E-state index in [4.69, 9.17) is 19.0 Å². The maximum atomic E-state index is 14.6. The molecule has 278 valence electrons. The number of carbonyl (C=O) groups excluding carboxylic acids is 5. The van der Waals surface area contributed by atoms with Gasteiger partial charge in [-0.05, 0) is 70.4 Å². The van der Waals surface area contributed by atoms with Gasteiger partial charge in [0.15, 0.2) is 11.5 Å². The highest BCUT2D eigenvalue weighted by molar-refractivity contribution is 6.07. The van der Waals surface area contributed by atoms with Gasteiger partial charge in [-0.25, -0.2) is 4.98 Å². The van der Waals surface area contributed by atoms with E-state index in [-0.39, 0.29) is 49.0 Å². The quantitative estimate of drug-likeness (QED) is 0.190. The number of ketones is 2. The maximum absolute atomic E-state index is 14.6. The third-order valence-electron chi connectivity index (χ3n) is 10.7. The van der Waals surface area contributed by atoms with Gasteiger partial charge in [-0.2, -0.15) is 0 Å². The van der Waals surface area contributed by atoms with Crippen molar-refractivity contribution in [3.05, 3.63) is 66.1 Å². The lowest BCUT2D eigenvalue weighted by molar-refractivity contribution is -0.164. The van der Waals surface area contributed by atoms with Crippen molar-refractivity contribution in [2.75, 3.05) is 6.54 Å². The minimum atomic E-state index is -1.15. The number of esters is 1. The second-order valence-electron chi connectivity index (χ2n) is 15.9. The van der Waals surface area contributed by atoms with Gasteiger partial charge in [-0.1, -0.05) is 54.4 Å². The number of carbonyl (C=O) groups is 5. The fourth-order valence-electron chi connectivity index (χ4n) is 7.94. The molecule has 4 heterocycles. The van der Waals surface area contributed by atoms with Crippen LogP contribution in [-0.4, -0.2) is 74.7 Å². The van der Waals surface area contributed by atoms with Crippen molar-refractivity contribution in [3.63, 3.8) is 0 Å². The van der Waals surface area contributed by atoms with Gasteiger partial charge in [-0.15, -0.1) is 0 Å². The number of ether oxygens (including phenoxy) is 2. The van der Waals surface area contributed by atoms with Gasteiger partial charge in [0.1, 0.15) is 29.3 Å². The number of fused-ring (bicyclic) bond motifs is 5. The number of rotatable bonds is 5. The van der Waals surface area contributed by atoms with Crippen LogP contribution in [0.3, 0.4) is 0 Å². The van der Waals surface area contributed by atoms with Crippen LogP contribution >= 0.6 is 0 Å². The number of aryl methyl sites for hydroxylation is 1. The summed E-state index contributed by atoms with van der Waals surface area (Å²) in [4.78, 5) is 75.7. The average Bonchev–Trinajstić information content (AvgIpc) is 3.39. The molecule has 3 aliphatic rings. The first-order valence-electron chi connectivity index (χ1n) is 18.6. The monoisotopic (exact) mass is 722 g/mol. The lowest BCUT2D eigenvalue weighted by Crippen LogP contribution is -2.52. The number of nitrogens with one attached hydrogen (secondary N) is 1. The van der Waals surface area contributed by atoms with Gasteiger partial charge < -0.3 is 24.2 Å². The lowest BCUT2D eigenvalue weighted by Gasteiger charge is -2.30. The number of hydrogen-bond acceptors (Lipinski definition) is 10. The third-order valence-corrected chi connectivity index (χ3v) is 10.7. The highest BCUT2D eigenvalue weighted by atomic mass is 16.6. The fourth-order valence-corrected chi connectivity index (χ4v) is 7.94. The molecule has 0 unspecified atom stereocenters. The molecule has 2 saturated heterocycles. The van der Waals surface area contributed by atoms with Crippen molar-refractivity contribution in [2.24, 2.45) is 11.3 Å². The van der Waals surface area contributed by atoms with Crippen molar-refractivity contribution in [1.29, 1.82) is 0 Å². The molecule has 1 aliphatic carbocycles. The van der Waals surface area contributed by atoms with Crippen LogP contribution in [0.25, 0.3) is 21.7 Å². The smallest absolute Gasteiger partial charge is 0.313 e. The molecule has 5 atom stereocenters. The molecule has 2 aromatic heterocycles. The Balaban J connectivity index is 1.23. The van der Waals surface area contributed by atoms with Crippen molar-refractivity contribution < 1.29 is 38.0 Å². The van der Waals surface area contributed by atoms with Crippen LogP contribution in [0, 0.1) is 18.3 Å². The number of amides is 2. The third kappa shape index (κ3) is 7.68. The Labute approximate surface area is 307 Å². The zero-order valence-corrected chi connectivity index (χ0v) is 30.7. The predicted molar refractivity (Wildman–Crippen MR) is 195 cm³/mol. The van der Waals surface area contributed by atoms with E-state index in [0.717, 1.165) is 21.7 Å². The number of nitrogens with zero attached hydrogens (tertiary/aromatic N) is 3. The standard InChI is InChI=1S/C41H46N4O8/c1-24-18-33(44-53-24)36(48)42-32-17-7-5-6-12-26(46)19-25-21-41(25,39(50)52-40(2,3)4)22-35(47)34-20-27(23-45(34)38(32)49)51-37-30-15-9-8-13-28(30)29-14-10-11-16-31(29)43-37/h8-11,13-16,18,25,27,32,34H,5-7,12,17,19-23H2,1-4H3,(H,42,48)/t25-,27-,32+,34+,41-/m1/s1. The Bertz CT molecular complexity index is 2080. The van der Waals surface area contributed by atoms with Crippen molar-refractivity contribution >= 4 is 51.0 Å². The molecule has 2 aromatic carbocycles. The molecule has 53 heavy (non-hydrogen) atoms. The van der Waals surface area contributed by atoms with E-state index in [0.29, 0.717) is 50.2 Å². The van der Waals surface area contributed by atoms with E-state index < -0.39 is 47.0 Å². The van der Waals surface area contributed by atoms with E-state index in [1.54, 1.807) is 27.7 Å². The summed E-state index contributed by atoms with van der Waals surface area (Å²) in [7, 11) is 0. The summed E-state index contributed by atoms with van der Waals surface area (Å²) in [6.45, 7) is 7.06. The van der Waals surface area contributed by atoms with Gasteiger partial charge in [0.25, 0.3) is 5.91 Å². The van der Waals surface area contributed by atoms with Crippen LogP contribution in [0.2, 0.25) is 0 Å². The van der Waals surface area contributed by atoms with Gasteiger partial charge in [0, 0.05) is 42.5 Å². The molecule has 12 heteroatoms. The van der Waals surface area contributed by atoms with Gasteiger partial charge in [0.05, 0.1) is 23.5 Å². The number of Topliss-reactive ketones (excluding diaryl/α,β-unsaturated/α-hetero) is 2.